The lowest BCUT2D eigenvalue weighted by molar-refractivity contribution is -0.134. The van der Waals surface area contributed by atoms with Gasteiger partial charge in [-0.3, -0.25) is 4.79 Å². The van der Waals surface area contributed by atoms with Crippen molar-refractivity contribution in [3.63, 3.8) is 0 Å². The number of benzene rings is 1. The van der Waals surface area contributed by atoms with Gasteiger partial charge in [0, 0.05) is 18.7 Å². The Morgan fingerprint density at radius 2 is 2.12 bits per heavy atom. The van der Waals surface area contributed by atoms with E-state index < -0.39 is 6.29 Å². The Morgan fingerprint density at radius 3 is 2.65 bits per heavy atom. The minimum absolute atomic E-state index is 0.111. The number of anilines is 1. The molecule has 1 N–H and O–H groups in total. The molecule has 0 bridgehead atoms. The Labute approximate surface area is 113 Å². The van der Waals surface area contributed by atoms with Gasteiger partial charge in [0.05, 0.1) is 17.1 Å². The Bertz CT molecular complexity index is 396. The molecule has 94 valence electrons. The highest BCUT2D eigenvalue weighted by molar-refractivity contribution is 9.10. The van der Waals surface area contributed by atoms with Gasteiger partial charge in [0.15, 0.2) is 6.29 Å². The molecule has 1 aromatic rings. The van der Waals surface area contributed by atoms with E-state index in [0.717, 1.165) is 4.47 Å². The van der Waals surface area contributed by atoms with Crippen molar-refractivity contribution in [1.29, 1.82) is 0 Å². The van der Waals surface area contributed by atoms with Gasteiger partial charge in [-0.15, -0.1) is 0 Å². The molecule has 0 aliphatic rings. The minimum Gasteiger partial charge on any atom is -0.355 e. The van der Waals surface area contributed by atoms with Crippen LogP contribution in [0.3, 0.4) is 0 Å². The number of carbonyl (C=O) groups excluding carboxylic acids is 1. The van der Waals surface area contributed by atoms with Crippen molar-refractivity contribution in [2.24, 2.45) is 0 Å². The highest BCUT2D eigenvalue weighted by atomic mass is 79.9. The third kappa shape index (κ3) is 4.63. The van der Waals surface area contributed by atoms with E-state index in [9.17, 15) is 4.79 Å². The summed E-state index contributed by atoms with van der Waals surface area (Å²) in [4.78, 5) is 11.6. The van der Waals surface area contributed by atoms with Gasteiger partial charge in [-0.25, -0.2) is 0 Å². The molecule has 17 heavy (non-hydrogen) atoms. The molecule has 0 unspecified atom stereocenters. The molecule has 1 rings (SSSR count). The molecule has 1 aromatic carbocycles. The molecule has 0 aromatic heterocycles. The van der Waals surface area contributed by atoms with E-state index in [-0.39, 0.29) is 12.3 Å². The summed E-state index contributed by atoms with van der Waals surface area (Å²) in [6.45, 7) is 0. The lowest BCUT2D eigenvalue weighted by Crippen LogP contribution is -2.22. The molecule has 0 aliphatic carbocycles. The van der Waals surface area contributed by atoms with Crippen LogP contribution in [0.1, 0.15) is 6.42 Å². The minimum atomic E-state index is -0.552. The average molecular weight is 323 g/mol. The van der Waals surface area contributed by atoms with Crippen LogP contribution in [0.4, 0.5) is 5.69 Å². The van der Waals surface area contributed by atoms with Gasteiger partial charge in [-0.2, -0.15) is 0 Å². The first-order valence-corrected chi connectivity index (χ1v) is 6.04. The summed E-state index contributed by atoms with van der Waals surface area (Å²) < 4.78 is 10.7. The number of halogens is 2. The maximum absolute atomic E-state index is 11.6. The summed E-state index contributed by atoms with van der Waals surface area (Å²) in [6.07, 6.45) is -0.441. The fraction of sp³-hybridized carbons (Fsp3) is 0.364. The predicted octanol–water partition coefficient (Wildman–Crippen LogP) is 3.05. The summed E-state index contributed by atoms with van der Waals surface area (Å²) >= 11 is 9.26. The topological polar surface area (TPSA) is 47.6 Å². The van der Waals surface area contributed by atoms with Crippen LogP contribution in [0.25, 0.3) is 0 Å². The van der Waals surface area contributed by atoms with Crippen molar-refractivity contribution in [2.45, 2.75) is 12.7 Å². The maximum Gasteiger partial charge on any atom is 0.229 e. The molecule has 0 saturated carbocycles. The molecule has 1 amide bonds. The second-order valence-corrected chi connectivity index (χ2v) is 4.60. The third-order valence-electron chi connectivity index (χ3n) is 2.08. The van der Waals surface area contributed by atoms with Gasteiger partial charge in [0.1, 0.15) is 0 Å². The van der Waals surface area contributed by atoms with Crippen LogP contribution in [0, 0.1) is 0 Å². The van der Waals surface area contributed by atoms with Crippen molar-refractivity contribution in [1.82, 2.24) is 0 Å². The van der Waals surface area contributed by atoms with Gasteiger partial charge in [0.2, 0.25) is 5.91 Å². The lowest BCUT2D eigenvalue weighted by Gasteiger charge is -2.13. The molecule has 0 aliphatic heterocycles. The van der Waals surface area contributed by atoms with Crippen molar-refractivity contribution in [2.75, 3.05) is 19.5 Å². The zero-order chi connectivity index (χ0) is 12.8. The number of carbonyl (C=O) groups is 1. The molecule has 0 spiro atoms. The Kier molecular flexibility index (Phi) is 5.91. The van der Waals surface area contributed by atoms with Crippen molar-refractivity contribution < 1.29 is 14.3 Å². The van der Waals surface area contributed by atoms with Crippen LogP contribution in [-0.2, 0) is 14.3 Å². The molecule has 0 atom stereocenters. The Balaban J connectivity index is 2.62. The van der Waals surface area contributed by atoms with Crippen LogP contribution < -0.4 is 5.32 Å². The quantitative estimate of drug-likeness (QED) is 0.848. The number of ether oxygens (including phenoxy) is 2. The van der Waals surface area contributed by atoms with Gasteiger partial charge >= 0.3 is 0 Å². The Hall–Kier alpha value is -0.620. The predicted molar refractivity (Wildman–Crippen MR) is 70.2 cm³/mol. The zero-order valence-corrected chi connectivity index (χ0v) is 11.8. The van der Waals surface area contributed by atoms with Gasteiger partial charge in [0.25, 0.3) is 0 Å². The summed E-state index contributed by atoms with van der Waals surface area (Å²) in [7, 11) is 2.96. The zero-order valence-electron chi connectivity index (χ0n) is 9.50. The number of rotatable bonds is 5. The molecular weight excluding hydrogens is 309 g/mol. The molecule has 0 heterocycles. The largest absolute Gasteiger partial charge is 0.355 e. The summed E-state index contributed by atoms with van der Waals surface area (Å²) in [6, 6.07) is 5.23. The fourth-order valence-electron chi connectivity index (χ4n) is 1.21. The van der Waals surface area contributed by atoms with Crippen LogP contribution >= 0.6 is 27.5 Å². The van der Waals surface area contributed by atoms with Crippen LogP contribution in [0.15, 0.2) is 22.7 Å². The highest BCUT2D eigenvalue weighted by Gasteiger charge is 2.13. The van der Waals surface area contributed by atoms with Crippen molar-refractivity contribution >= 4 is 39.1 Å². The van der Waals surface area contributed by atoms with E-state index in [1.54, 1.807) is 18.2 Å². The van der Waals surface area contributed by atoms with E-state index in [1.807, 2.05) is 0 Å². The fourth-order valence-corrected chi connectivity index (χ4v) is 1.93. The molecule has 4 nitrogen and oxygen atoms in total. The highest BCUT2D eigenvalue weighted by Crippen LogP contribution is 2.25. The molecule has 6 heteroatoms. The van der Waals surface area contributed by atoms with Gasteiger partial charge in [-0.1, -0.05) is 27.5 Å². The van der Waals surface area contributed by atoms with E-state index in [0.29, 0.717) is 10.7 Å². The lowest BCUT2D eigenvalue weighted by atomic mass is 10.3. The van der Waals surface area contributed by atoms with E-state index >= 15 is 0 Å². The summed E-state index contributed by atoms with van der Waals surface area (Å²) in [5.74, 6) is -0.220. The van der Waals surface area contributed by atoms with E-state index in [1.165, 1.54) is 14.2 Å². The smallest absolute Gasteiger partial charge is 0.229 e. The average Bonchev–Trinajstić information content (AvgIpc) is 2.29. The van der Waals surface area contributed by atoms with Gasteiger partial charge in [-0.05, 0) is 18.2 Å². The second kappa shape index (κ2) is 6.96. The van der Waals surface area contributed by atoms with Gasteiger partial charge < -0.3 is 14.8 Å². The molecule has 0 radical (unpaired) electrons. The first-order chi connectivity index (χ1) is 8.06. The Morgan fingerprint density at radius 1 is 1.47 bits per heavy atom. The molecule has 0 fully saturated rings. The van der Waals surface area contributed by atoms with E-state index in [4.69, 9.17) is 21.1 Å². The SMILES string of the molecule is COC(CC(=O)Nc1ccc(Br)cc1Cl)OC. The molecular formula is C11H13BrClNO3. The number of nitrogens with one attached hydrogen (secondary N) is 1. The number of methoxy groups -OCH3 is 2. The first-order valence-electron chi connectivity index (χ1n) is 4.87. The number of amides is 1. The van der Waals surface area contributed by atoms with E-state index in [2.05, 4.69) is 21.2 Å². The van der Waals surface area contributed by atoms with Crippen molar-refractivity contribution in [3.05, 3.63) is 27.7 Å². The summed E-state index contributed by atoms with van der Waals surface area (Å²) in [5.41, 5.74) is 0.561. The van der Waals surface area contributed by atoms with Crippen LogP contribution in [0.5, 0.6) is 0 Å². The first kappa shape index (κ1) is 14.4. The van der Waals surface area contributed by atoms with Crippen LogP contribution in [0.2, 0.25) is 5.02 Å². The molecule has 0 saturated heterocycles. The maximum atomic E-state index is 11.6. The normalized spacial score (nSPS) is 10.6. The standard InChI is InChI=1S/C11H13BrClNO3/c1-16-11(17-2)6-10(15)14-9-4-3-7(12)5-8(9)13/h3-5,11H,6H2,1-2H3,(H,14,15). The number of hydrogen-bond acceptors (Lipinski definition) is 3. The van der Waals surface area contributed by atoms with Crippen LogP contribution in [-0.4, -0.2) is 26.4 Å². The summed E-state index contributed by atoms with van der Waals surface area (Å²) in [5, 5.41) is 3.16. The third-order valence-corrected chi connectivity index (χ3v) is 2.89. The number of hydrogen-bond donors (Lipinski definition) is 1. The van der Waals surface area contributed by atoms with Crippen molar-refractivity contribution in [3.8, 4) is 0 Å². The second-order valence-electron chi connectivity index (χ2n) is 3.28. The monoisotopic (exact) mass is 321 g/mol.